The van der Waals surface area contributed by atoms with Crippen LogP contribution in [0.1, 0.15) is 24.9 Å². The second-order valence-corrected chi connectivity index (χ2v) is 8.53. The summed E-state index contributed by atoms with van der Waals surface area (Å²) in [5.74, 6) is 0.342. The number of benzene rings is 2. The van der Waals surface area contributed by atoms with Crippen molar-refractivity contribution in [3.8, 4) is 5.75 Å². The summed E-state index contributed by atoms with van der Waals surface area (Å²) in [6.07, 6.45) is 1.24. The number of carbonyl (C=O) groups is 1. The van der Waals surface area contributed by atoms with Gasteiger partial charge in [-0.3, -0.25) is 9.52 Å². The van der Waals surface area contributed by atoms with Gasteiger partial charge in [0.2, 0.25) is 15.9 Å². The van der Waals surface area contributed by atoms with Gasteiger partial charge in [0, 0.05) is 11.8 Å². The van der Waals surface area contributed by atoms with Crippen LogP contribution < -0.4 is 14.8 Å². The van der Waals surface area contributed by atoms with Crippen LogP contribution in [0.5, 0.6) is 5.75 Å². The first-order valence-corrected chi connectivity index (χ1v) is 10.7. The Labute approximate surface area is 168 Å². The van der Waals surface area contributed by atoms with Crippen LogP contribution in [0, 0.1) is 0 Å². The van der Waals surface area contributed by atoms with Gasteiger partial charge >= 0.3 is 0 Å². The lowest BCUT2D eigenvalue weighted by Gasteiger charge is -2.16. The van der Waals surface area contributed by atoms with Crippen molar-refractivity contribution in [1.82, 2.24) is 5.32 Å². The van der Waals surface area contributed by atoms with E-state index in [9.17, 15) is 13.2 Å². The SMILES string of the molecule is CC(NC(=O)CCOc1ccc(Cl)c(Cl)c1)c1cccc(NS(C)(=O)=O)c1. The predicted octanol–water partition coefficient (Wildman–Crippen LogP) is 4.01. The fraction of sp³-hybridized carbons (Fsp3) is 0.278. The molecule has 0 bridgehead atoms. The highest BCUT2D eigenvalue weighted by molar-refractivity contribution is 7.92. The smallest absolute Gasteiger partial charge is 0.229 e. The maximum absolute atomic E-state index is 12.1. The fourth-order valence-electron chi connectivity index (χ4n) is 2.31. The normalized spacial score (nSPS) is 12.3. The average molecular weight is 431 g/mol. The molecule has 2 aromatic rings. The van der Waals surface area contributed by atoms with Gasteiger partial charge in [-0.1, -0.05) is 35.3 Å². The van der Waals surface area contributed by atoms with Gasteiger partial charge in [0.25, 0.3) is 0 Å². The van der Waals surface area contributed by atoms with Crippen LogP contribution in [0.3, 0.4) is 0 Å². The highest BCUT2D eigenvalue weighted by Gasteiger charge is 2.11. The Morgan fingerprint density at radius 2 is 1.89 bits per heavy atom. The minimum atomic E-state index is -3.36. The topological polar surface area (TPSA) is 84.5 Å². The maximum Gasteiger partial charge on any atom is 0.229 e. The molecule has 1 atom stereocenters. The molecule has 2 rings (SSSR count). The number of nitrogens with one attached hydrogen (secondary N) is 2. The molecule has 9 heteroatoms. The molecule has 0 aromatic heterocycles. The first-order chi connectivity index (χ1) is 12.6. The molecule has 1 unspecified atom stereocenters. The van der Waals surface area contributed by atoms with E-state index in [0.29, 0.717) is 21.5 Å². The number of halogens is 2. The molecule has 0 aliphatic carbocycles. The predicted molar refractivity (Wildman–Crippen MR) is 108 cm³/mol. The molecule has 27 heavy (non-hydrogen) atoms. The van der Waals surface area contributed by atoms with Gasteiger partial charge in [0.05, 0.1) is 35.4 Å². The van der Waals surface area contributed by atoms with Gasteiger partial charge in [0.1, 0.15) is 5.75 Å². The maximum atomic E-state index is 12.1. The van der Waals surface area contributed by atoms with E-state index in [0.717, 1.165) is 11.8 Å². The van der Waals surface area contributed by atoms with E-state index in [4.69, 9.17) is 27.9 Å². The van der Waals surface area contributed by atoms with E-state index in [1.54, 1.807) is 36.4 Å². The Morgan fingerprint density at radius 1 is 1.15 bits per heavy atom. The summed E-state index contributed by atoms with van der Waals surface area (Å²) in [6.45, 7) is 2.00. The summed E-state index contributed by atoms with van der Waals surface area (Å²) in [5, 5.41) is 3.67. The zero-order chi connectivity index (χ0) is 20.0. The Balaban J connectivity index is 1.86. The number of ether oxygens (including phenoxy) is 1. The van der Waals surface area contributed by atoms with E-state index in [-0.39, 0.29) is 25.0 Å². The van der Waals surface area contributed by atoms with Crippen molar-refractivity contribution in [2.45, 2.75) is 19.4 Å². The molecule has 0 radical (unpaired) electrons. The third-order valence-electron chi connectivity index (χ3n) is 3.56. The van der Waals surface area contributed by atoms with Crippen molar-refractivity contribution < 1.29 is 17.9 Å². The van der Waals surface area contributed by atoms with Crippen LogP contribution >= 0.6 is 23.2 Å². The molecular weight excluding hydrogens is 411 g/mol. The Bertz CT molecular complexity index is 919. The van der Waals surface area contributed by atoms with Crippen LogP contribution in [0.15, 0.2) is 42.5 Å². The number of sulfonamides is 1. The quantitative estimate of drug-likeness (QED) is 0.662. The van der Waals surface area contributed by atoms with Crippen LogP contribution in [0.4, 0.5) is 5.69 Å². The van der Waals surface area contributed by atoms with E-state index in [1.807, 2.05) is 13.0 Å². The molecule has 2 aromatic carbocycles. The molecule has 0 saturated heterocycles. The molecule has 146 valence electrons. The van der Waals surface area contributed by atoms with Crippen LogP contribution in [0.25, 0.3) is 0 Å². The van der Waals surface area contributed by atoms with Gasteiger partial charge in [-0.05, 0) is 36.8 Å². The van der Waals surface area contributed by atoms with Crippen molar-refractivity contribution in [2.75, 3.05) is 17.6 Å². The average Bonchev–Trinajstić information content (AvgIpc) is 2.56. The standard InChI is InChI=1S/C18H20Cl2N2O4S/c1-12(13-4-3-5-14(10-13)22-27(2,24)25)21-18(23)8-9-26-15-6-7-16(19)17(20)11-15/h3-7,10-12,22H,8-9H2,1-2H3,(H,21,23). The molecule has 0 fully saturated rings. The Kier molecular flexibility index (Phi) is 7.35. The van der Waals surface area contributed by atoms with Gasteiger partial charge in [-0.2, -0.15) is 0 Å². The lowest BCUT2D eigenvalue weighted by molar-refractivity contribution is -0.122. The van der Waals surface area contributed by atoms with Crippen molar-refractivity contribution >= 4 is 44.8 Å². The summed E-state index contributed by atoms with van der Waals surface area (Å²) < 4.78 is 30.6. The Hall–Kier alpha value is -1.96. The second kappa shape index (κ2) is 9.30. The first-order valence-electron chi connectivity index (χ1n) is 8.09. The van der Waals surface area contributed by atoms with Crippen molar-refractivity contribution in [3.63, 3.8) is 0 Å². The van der Waals surface area contributed by atoms with Crippen LogP contribution in [-0.2, 0) is 14.8 Å². The largest absolute Gasteiger partial charge is 0.493 e. The number of anilines is 1. The summed E-state index contributed by atoms with van der Waals surface area (Å²) in [7, 11) is -3.36. The van der Waals surface area contributed by atoms with Gasteiger partial charge < -0.3 is 10.1 Å². The third kappa shape index (κ3) is 7.28. The highest BCUT2D eigenvalue weighted by Crippen LogP contribution is 2.26. The van der Waals surface area contributed by atoms with Gasteiger partial charge in [-0.15, -0.1) is 0 Å². The minimum absolute atomic E-state index is 0.159. The number of amides is 1. The molecular formula is C18H20Cl2N2O4S. The molecule has 2 N–H and O–H groups in total. The van der Waals surface area contributed by atoms with Gasteiger partial charge in [-0.25, -0.2) is 8.42 Å². The Morgan fingerprint density at radius 3 is 2.56 bits per heavy atom. The summed E-state index contributed by atoms with van der Waals surface area (Å²) >= 11 is 11.7. The fourth-order valence-corrected chi connectivity index (χ4v) is 3.15. The zero-order valence-corrected chi connectivity index (χ0v) is 17.2. The second-order valence-electron chi connectivity index (χ2n) is 5.96. The number of hydrogen-bond acceptors (Lipinski definition) is 4. The first kappa shape index (κ1) is 21.3. The van der Waals surface area contributed by atoms with E-state index in [2.05, 4.69) is 10.0 Å². The number of carbonyl (C=O) groups excluding carboxylic acids is 1. The lowest BCUT2D eigenvalue weighted by Crippen LogP contribution is -2.28. The van der Waals surface area contributed by atoms with Crippen molar-refractivity contribution in [3.05, 3.63) is 58.1 Å². The molecule has 0 saturated carbocycles. The molecule has 0 heterocycles. The highest BCUT2D eigenvalue weighted by atomic mass is 35.5. The number of hydrogen-bond donors (Lipinski definition) is 2. The summed E-state index contributed by atoms with van der Waals surface area (Å²) in [4.78, 5) is 12.1. The van der Waals surface area contributed by atoms with Crippen LogP contribution in [0.2, 0.25) is 10.0 Å². The number of rotatable bonds is 8. The molecule has 0 spiro atoms. The van der Waals surface area contributed by atoms with E-state index < -0.39 is 10.0 Å². The van der Waals surface area contributed by atoms with Crippen LogP contribution in [-0.4, -0.2) is 27.2 Å². The summed E-state index contributed by atoms with van der Waals surface area (Å²) in [5.41, 5.74) is 1.22. The lowest BCUT2D eigenvalue weighted by atomic mass is 10.1. The summed E-state index contributed by atoms with van der Waals surface area (Å²) in [6, 6.07) is 11.5. The molecule has 0 aliphatic rings. The zero-order valence-electron chi connectivity index (χ0n) is 14.8. The van der Waals surface area contributed by atoms with E-state index >= 15 is 0 Å². The van der Waals surface area contributed by atoms with E-state index in [1.165, 1.54) is 0 Å². The van der Waals surface area contributed by atoms with Crippen molar-refractivity contribution in [1.29, 1.82) is 0 Å². The monoisotopic (exact) mass is 430 g/mol. The molecule has 0 aliphatic heterocycles. The van der Waals surface area contributed by atoms with Gasteiger partial charge in [0.15, 0.2) is 0 Å². The third-order valence-corrected chi connectivity index (χ3v) is 4.90. The van der Waals surface area contributed by atoms with Crippen molar-refractivity contribution in [2.24, 2.45) is 0 Å². The molecule has 6 nitrogen and oxygen atoms in total. The molecule has 1 amide bonds. The minimum Gasteiger partial charge on any atom is -0.493 e.